The Bertz CT molecular complexity index is 872. The third kappa shape index (κ3) is 5.03. The van der Waals surface area contributed by atoms with Gasteiger partial charge in [-0.25, -0.2) is 5.43 Å². The zero-order chi connectivity index (χ0) is 20.1. The SMILES string of the molecule is CCOc1cc2c(cc1/C=N\NC(=O)COc1cc(C)cc(C)c1)O[C@@H](C)C2. The van der Waals surface area contributed by atoms with Gasteiger partial charge in [-0.15, -0.1) is 0 Å². The molecule has 2 aromatic carbocycles. The first kappa shape index (κ1) is 19.7. The van der Waals surface area contributed by atoms with E-state index in [-0.39, 0.29) is 18.6 Å². The number of amides is 1. The molecular formula is C22H26N2O4. The second kappa shape index (κ2) is 8.78. The maximum absolute atomic E-state index is 12.0. The number of hydrazone groups is 1. The fourth-order valence-corrected chi connectivity index (χ4v) is 3.21. The van der Waals surface area contributed by atoms with Crippen LogP contribution in [0.4, 0.5) is 0 Å². The van der Waals surface area contributed by atoms with Gasteiger partial charge in [-0.1, -0.05) is 6.07 Å². The average molecular weight is 382 g/mol. The van der Waals surface area contributed by atoms with Crippen molar-refractivity contribution in [2.45, 2.75) is 40.2 Å². The van der Waals surface area contributed by atoms with E-state index in [9.17, 15) is 4.79 Å². The summed E-state index contributed by atoms with van der Waals surface area (Å²) in [7, 11) is 0. The summed E-state index contributed by atoms with van der Waals surface area (Å²) in [6.07, 6.45) is 2.57. The zero-order valence-corrected chi connectivity index (χ0v) is 16.7. The van der Waals surface area contributed by atoms with Crippen LogP contribution >= 0.6 is 0 Å². The number of nitrogens with one attached hydrogen (secondary N) is 1. The summed E-state index contributed by atoms with van der Waals surface area (Å²) < 4.78 is 17.0. The van der Waals surface area contributed by atoms with E-state index in [4.69, 9.17) is 14.2 Å². The molecule has 6 nitrogen and oxygen atoms in total. The Morgan fingerprint density at radius 1 is 1.21 bits per heavy atom. The first-order chi connectivity index (χ1) is 13.4. The van der Waals surface area contributed by atoms with Crippen molar-refractivity contribution in [3.63, 3.8) is 0 Å². The Kier molecular flexibility index (Phi) is 6.19. The van der Waals surface area contributed by atoms with Crippen LogP contribution in [0.5, 0.6) is 17.2 Å². The van der Waals surface area contributed by atoms with E-state index in [0.29, 0.717) is 12.4 Å². The highest BCUT2D eigenvalue weighted by Gasteiger charge is 2.21. The summed E-state index contributed by atoms with van der Waals surface area (Å²) in [5.41, 5.74) is 6.54. The van der Waals surface area contributed by atoms with Crippen LogP contribution in [0.25, 0.3) is 0 Å². The number of nitrogens with zero attached hydrogens (tertiary/aromatic N) is 1. The summed E-state index contributed by atoms with van der Waals surface area (Å²) in [6, 6.07) is 9.71. The highest BCUT2D eigenvalue weighted by atomic mass is 16.5. The van der Waals surface area contributed by atoms with Crippen molar-refractivity contribution in [3.05, 3.63) is 52.6 Å². The summed E-state index contributed by atoms with van der Waals surface area (Å²) in [5.74, 6) is 1.89. The standard InChI is InChI=1S/C22H26N2O4/c1-5-26-20-10-17-9-16(4)28-21(17)11-18(20)12-23-24-22(25)13-27-19-7-14(2)6-15(3)8-19/h6-8,10-12,16H,5,9,13H2,1-4H3,(H,24,25)/b23-12-/t16-/m0/s1. The van der Waals surface area contributed by atoms with Crippen LogP contribution in [-0.4, -0.2) is 31.4 Å². The number of aryl methyl sites for hydroxylation is 2. The molecule has 1 aliphatic rings. The van der Waals surface area contributed by atoms with E-state index in [2.05, 4.69) is 10.5 Å². The fraction of sp³-hybridized carbons (Fsp3) is 0.364. The van der Waals surface area contributed by atoms with E-state index < -0.39 is 0 Å². The highest BCUT2D eigenvalue weighted by Crippen LogP contribution is 2.34. The van der Waals surface area contributed by atoms with Crippen molar-refractivity contribution >= 4 is 12.1 Å². The molecule has 28 heavy (non-hydrogen) atoms. The lowest BCUT2D eigenvalue weighted by molar-refractivity contribution is -0.123. The highest BCUT2D eigenvalue weighted by molar-refractivity contribution is 5.86. The maximum Gasteiger partial charge on any atom is 0.277 e. The first-order valence-electron chi connectivity index (χ1n) is 9.44. The molecule has 1 amide bonds. The molecule has 1 atom stereocenters. The van der Waals surface area contributed by atoms with Gasteiger partial charge in [-0.3, -0.25) is 4.79 Å². The van der Waals surface area contributed by atoms with Crippen LogP contribution < -0.4 is 19.6 Å². The molecule has 0 spiro atoms. The summed E-state index contributed by atoms with van der Waals surface area (Å²) in [5, 5.41) is 4.04. The average Bonchev–Trinajstić information content (AvgIpc) is 2.98. The van der Waals surface area contributed by atoms with E-state index in [1.165, 1.54) is 0 Å². The minimum absolute atomic E-state index is 0.108. The quantitative estimate of drug-likeness (QED) is 0.587. The number of hydrogen-bond acceptors (Lipinski definition) is 5. The molecule has 0 saturated heterocycles. The molecule has 1 N–H and O–H groups in total. The lowest BCUT2D eigenvalue weighted by atomic mass is 10.1. The molecule has 3 rings (SSSR count). The number of fused-ring (bicyclic) bond motifs is 1. The van der Waals surface area contributed by atoms with Crippen LogP contribution in [0.2, 0.25) is 0 Å². The molecule has 1 aliphatic heterocycles. The fourth-order valence-electron chi connectivity index (χ4n) is 3.21. The molecule has 148 valence electrons. The lowest BCUT2D eigenvalue weighted by Gasteiger charge is -2.10. The molecule has 0 saturated carbocycles. The molecule has 1 heterocycles. The van der Waals surface area contributed by atoms with Gasteiger partial charge in [0.25, 0.3) is 5.91 Å². The summed E-state index contributed by atoms with van der Waals surface area (Å²) in [6.45, 7) is 8.38. The van der Waals surface area contributed by atoms with Gasteiger partial charge < -0.3 is 14.2 Å². The van der Waals surface area contributed by atoms with Crippen LogP contribution in [0.3, 0.4) is 0 Å². The van der Waals surface area contributed by atoms with Crippen LogP contribution in [0.1, 0.15) is 36.1 Å². The van der Waals surface area contributed by atoms with Crippen molar-refractivity contribution in [3.8, 4) is 17.2 Å². The maximum atomic E-state index is 12.0. The van der Waals surface area contributed by atoms with E-state index >= 15 is 0 Å². The smallest absolute Gasteiger partial charge is 0.277 e. The summed E-state index contributed by atoms with van der Waals surface area (Å²) in [4.78, 5) is 12.0. The minimum atomic E-state index is -0.334. The van der Waals surface area contributed by atoms with E-state index in [0.717, 1.165) is 40.2 Å². The molecule has 0 aromatic heterocycles. The van der Waals surface area contributed by atoms with Crippen LogP contribution in [0, 0.1) is 13.8 Å². The van der Waals surface area contributed by atoms with Crippen molar-refractivity contribution in [2.24, 2.45) is 5.10 Å². The largest absolute Gasteiger partial charge is 0.493 e. The topological polar surface area (TPSA) is 69.2 Å². The van der Waals surface area contributed by atoms with Gasteiger partial charge >= 0.3 is 0 Å². The Hall–Kier alpha value is -3.02. The van der Waals surface area contributed by atoms with E-state index in [1.54, 1.807) is 6.21 Å². The molecule has 0 bridgehead atoms. The Balaban J connectivity index is 1.60. The number of benzene rings is 2. The molecule has 0 radical (unpaired) electrons. The van der Waals surface area contributed by atoms with Crippen LogP contribution in [0.15, 0.2) is 35.4 Å². The number of rotatable bonds is 7. The Morgan fingerprint density at radius 3 is 2.68 bits per heavy atom. The normalized spacial score (nSPS) is 15.2. The van der Waals surface area contributed by atoms with Gasteiger partial charge in [0.05, 0.1) is 12.8 Å². The summed E-state index contributed by atoms with van der Waals surface area (Å²) >= 11 is 0. The lowest BCUT2D eigenvalue weighted by Crippen LogP contribution is -2.24. The Morgan fingerprint density at radius 2 is 1.96 bits per heavy atom. The van der Waals surface area contributed by atoms with Gasteiger partial charge in [0.15, 0.2) is 6.61 Å². The van der Waals surface area contributed by atoms with Crippen molar-refractivity contribution < 1.29 is 19.0 Å². The predicted octanol–water partition coefficient (Wildman–Crippen LogP) is 3.55. The molecule has 6 heteroatoms. The molecule has 2 aromatic rings. The van der Waals surface area contributed by atoms with Crippen molar-refractivity contribution in [1.29, 1.82) is 0 Å². The third-order valence-electron chi connectivity index (χ3n) is 4.29. The monoisotopic (exact) mass is 382 g/mol. The van der Waals surface area contributed by atoms with Crippen molar-refractivity contribution in [1.82, 2.24) is 5.43 Å². The van der Waals surface area contributed by atoms with Gasteiger partial charge in [0.1, 0.15) is 23.4 Å². The number of hydrogen-bond donors (Lipinski definition) is 1. The Labute approximate surface area is 165 Å². The van der Waals surface area contributed by atoms with Crippen LogP contribution in [-0.2, 0) is 11.2 Å². The second-order valence-electron chi connectivity index (χ2n) is 6.97. The van der Waals surface area contributed by atoms with Gasteiger partial charge in [-0.2, -0.15) is 5.10 Å². The molecule has 0 aliphatic carbocycles. The zero-order valence-electron chi connectivity index (χ0n) is 16.7. The number of carbonyl (C=O) groups excluding carboxylic acids is 1. The predicted molar refractivity (Wildman–Crippen MR) is 109 cm³/mol. The first-order valence-corrected chi connectivity index (χ1v) is 9.44. The van der Waals surface area contributed by atoms with Gasteiger partial charge in [0, 0.05) is 17.5 Å². The number of carbonyl (C=O) groups is 1. The minimum Gasteiger partial charge on any atom is -0.493 e. The van der Waals surface area contributed by atoms with Gasteiger partial charge in [-0.05, 0) is 63.1 Å². The second-order valence-corrected chi connectivity index (χ2v) is 6.97. The molecule has 0 unspecified atom stereocenters. The van der Waals surface area contributed by atoms with Gasteiger partial charge in [0.2, 0.25) is 0 Å². The molecule has 0 fully saturated rings. The van der Waals surface area contributed by atoms with Crippen molar-refractivity contribution in [2.75, 3.05) is 13.2 Å². The van der Waals surface area contributed by atoms with E-state index in [1.807, 2.05) is 58.0 Å². The number of ether oxygens (including phenoxy) is 3. The molecular weight excluding hydrogens is 356 g/mol. The third-order valence-corrected chi connectivity index (χ3v) is 4.29.